The van der Waals surface area contributed by atoms with Crippen LogP contribution < -0.4 is 15.2 Å². The average Bonchev–Trinajstić information content (AvgIpc) is 2.86. The van der Waals surface area contributed by atoms with E-state index in [2.05, 4.69) is 13.0 Å². The van der Waals surface area contributed by atoms with Crippen molar-refractivity contribution in [3.8, 4) is 11.5 Å². The van der Waals surface area contributed by atoms with Gasteiger partial charge in [-0.2, -0.15) is 0 Å². The van der Waals surface area contributed by atoms with E-state index in [1.165, 1.54) is 30.4 Å². The maximum absolute atomic E-state index is 6.65. The van der Waals surface area contributed by atoms with Crippen LogP contribution in [0.25, 0.3) is 0 Å². The monoisotopic (exact) mass is 247 g/mol. The zero-order chi connectivity index (χ0) is 12.6. The molecule has 3 rings (SSSR count). The van der Waals surface area contributed by atoms with Crippen LogP contribution in [-0.4, -0.2) is 6.79 Å². The van der Waals surface area contributed by atoms with Crippen LogP contribution in [0.1, 0.15) is 50.2 Å². The van der Waals surface area contributed by atoms with E-state index in [1.54, 1.807) is 0 Å². The first kappa shape index (κ1) is 11.8. The summed E-state index contributed by atoms with van der Waals surface area (Å²) < 4.78 is 11.1. The SMILES string of the molecule is CCc1c(C2(N)CCCCC2)ccc2c1OCO2. The summed E-state index contributed by atoms with van der Waals surface area (Å²) in [6.07, 6.45) is 6.88. The molecule has 3 heteroatoms. The molecule has 0 atom stereocenters. The first-order chi connectivity index (χ1) is 8.74. The molecule has 1 saturated carbocycles. The largest absolute Gasteiger partial charge is 0.454 e. The minimum absolute atomic E-state index is 0.162. The summed E-state index contributed by atoms with van der Waals surface area (Å²) in [7, 11) is 0. The molecule has 0 aromatic heterocycles. The van der Waals surface area contributed by atoms with Gasteiger partial charge in [-0.3, -0.25) is 0 Å². The maximum atomic E-state index is 6.65. The molecular weight excluding hydrogens is 226 g/mol. The van der Waals surface area contributed by atoms with Crippen LogP contribution in [0.3, 0.4) is 0 Å². The normalized spacial score (nSPS) is 21.0. The van der Waals surface area contributed by atoms with E-state index in [4.69, 9.17) is 15.2 Å². The molecule has 3 nitrogen and oxygen atoms in total. The van der Waals surface area contributed by atoms with Crippen molar-refractivity contribution in [2.24, 2.45) is 5.73 Å². The van der Waals surface area contributed by atoms with Gasteiger partial charge < -0.3 is 15.2 Å². The quantitative estimate of drug-likeness (QED) is 0.873. The average molecular weight is 247 g/mol. The number of ether oxygens (including phenoxy) is 2. The summed E-state index contributed by atoms with van der Waals surface area (Å²) in [6, 6.07) is 4.16. The summed E-state index contributed by atoms with van der Waals surface area (Å²) in [6.45, 7) is 2.50. The Morgan fingerprint density at radius 1 is 1.17 bits per heavy atom. The van der Waals surface area contributed by atoms with Crippen LogP contribution in [0.5, 0.6) is 11.5 Å². The predicted molar refractivity (Wildman–Crippen MR) is 70.9 cm³/mol. The van der Waals surface area contributed by atoms with Crippen molar-refractivity contribution < 1.29 is 9.47 Å². The molecule has 2 aliphatic rings. The highest BCUT2D eigenvalue weighted by atomic mass is 16.7. The Hall–Kier alpha value is -1.22. The van der Waals surface area contributed by atoms with E-state index >= 15 is 0 Å². The third kappa shape index (κ3) is 1.77. The first-order valence-electron chi connectivity index (χ1n) is 6.95. The molecule has 1 fully saturated rings. The standard InChI is InChI=1S/C15H21NO2/c1-2-11-12(15(16)8-4-3-5-9-15)6-7-13-14(11)18-10-17-13/h6-7H,2-5,8-10,16H2,1H3. The molecule has 0 unspecified atom stereocenters. The molecule has 0 amide bonds. The van der Waals surface area contributed by atoms with Crippen LogP contribution >= 0.6 is 0 Å². The highest BCUT2D eigenvalue weighted by molar-refractivity contribution is 5.54. The lowest BCUT2D eigenvalue weighted by Gasteiger charge is -2.35. The lowest BCUT2D eigenvalue weighted by Crippen LogP contribution is -2.39. The Morgan fingerprint density at radius 3 is 2.67 bits per heavy atom. The van der Waals surface area contributed by atoms with E-state index in [9.17, 15) is 0 Å². The zero-order valence-corrected chi connectivity index (χ0v) is 11.0. The highest BCUT2D eigenvalue weighted by Gasteiger charge is 2.33. The van der Waals surface area contributed by atoms with Crippen molar-refractivity contribution >= 4 is 0 Å². The lowest BCUT2D eigenvalue weighted by atomic mass is 9.75. The van der Waals surface area contributed by atoms with E-state index < -0.39 is 0 Å². The molecule has 2 N–H and O–H groups in total. The Bertz CT molecular complexity index is 450. The van der Waals surface area contributed by atoms with E-state index in [1.807, 2.05) is 6.07 Å². The maximum Gasteiger partial charge on any atom is 0.231 e. The van der Waals surface area contributed by atoms with E-state index in [-0.39, 0.29) is 5.54 Å². The van der Waals surface area contributed by atoms with Gasteiger partial charge in [0.15, 0.2) is 11.5 Å². The van der Waals surface area contributed by atoms with Gasteiger partial charge >= 0.3 is 0 Å². The van der Waals surface area contributed by atoms with Crippen LogP contribution in [-0.2, 0) is 12.0 Å². The van der Waals surface area contributed by atoms with Crippen LogP contribution in [0.2, 0.25) is 0 Å². The van der Waals surface area contributed by atoms with Gasteiger partial charge in [0, 0.05) is 11.1 Å². The molecule has 0 bridgehead atoms. The van der Waals surface area contributed by atoms with Crippen molar-refractivity contribution in [2.75, 3.05) is 6.79 Å². The van der Waals surface area contributed by atoms with Gasteiger partial charge in [-0.05, 0) is 30.9 Å². The minimum atomic E-state index is -0.162. The molecule has 18 heavy (non-hydrogen) atoms. The third-order valence-electron chi connectivity index (χ3n) is 4.28. The summed E-state index contributed by atoms with van der Waals surface area (Å²) in [5, 5.41) is 0. The summed E-state index contributed by atoms with van der Waals surface area (Å²) in [5.74, 6) is 1.79. The predicted octanol–water partition coefficient (Wildman–Crippen LogP) is 3.10. The molecule has 98 valence electrons. The molecule has 0 saturated heterocycles. The number of benzene rings is 1. The molecule has 1 heterocycles. The molecular formula is C15H21NO2. The molecule has 0 spiro atoms. The van der Waals surface area contributed by atoms with Gasteiger partial charge in [-0.25, -0.2) is 0 Å². The van der Waals surface area contributed by atoms with E-state index in [0.717, 1.165) is 30.8 Å². The van der Waals surface area contributed by atoms with Crippen LogP contribution in [0, 0.1) is 0 Å². The fourth-order valence-electron chi connectivity index (χ4n) is 3.30. The van der Waals surface area contributed by atoms with Crippen molar-refractivity contribution in [2.45, 2.75) is 51.0 Å². The van der Waals surface area contributed by atoms with Crippen LogP contribution in [0.15, 0.2) is 12.1 Å². The number of hydrogen-bond donors (Lipinski definition) is 1. The molecule has 1 aromatic carbocycles. The highest BCUT2D eigenvalue weighted by Crippen LogP contribution is 2.44. The zero-order valence-electron chi connectivity index (χ0n) is 11.0. The van der Waals surface area contributed by atoms with Gasteiger partial charge in [-0.1, -0.05) is 32.3 Å². The summed E-state index contributed by atoms with van der Waals surface area (Å²) >= 11 is 0. The van der Waals surface area contributed by atoms with Gasteiger partial charge in [0.05, 0.1) is 0 Å². The minimum Gasteiger partial charge on any atom is -0.454 e. The smallest absolute Gasteiger partial charge is 0.231 e. The Morgan fingerprint density at radius 2 is 1.94 bits per heavy atom. The van der Waals surface area contributed by atoms with Gasteiger partial charge in [0.1, 0.15) is 0 Å². The first-order valence-corrected chi connectivity index (χ1v) is 6.95. The van der Waals surface area contributed by atoms with Crippen LogP contribution in [0.4, 0.5) is 0 Å². The van der Waals surface area contributed by atoms with Crippen molar-refractivity contribution in [1.29, 1.82) is 0 Å². The number of nitrogens with two attached hydrogens (primary N) is 1. The topological polar surface area (TPSA) is 44.5 Å². The molecule has 1 aliphatic carbocycles. The number of fused-ring (bicyclic) bond motifs is 1. The van der Waals surface area contributed by atoms with E-state index in [0.29, 0.717) is 6.79 Å². The van der Waals surface area contributed by atoms with Gasteiger partial charge in [0.25, 0.3) is 0 Å². The number of hydrogen-bond acceptors (Lipinski definition) is 3. The molecule has 0 radical (unpaired) electrons. The molecule has 1 aromatic rings. The Labute approximate surface area is 108 Å². The Balaban J connectivity index is 2.06. The second kappa shape index (κ2) is 4.47. The fraction of sp³-hybridized carbons (Fsp3) is 0.600. The third-order valence-corrected chi connectivity index (χ3v) is 4.28. The van der Waals surface area contributed by atoms with Gasteiger partial charge in [-0.15, -0.1) is 0 Å². The number of rotatable bonds is 2. The molecule has 1 aliphatic heterocycles. The van der Waals surface area contributed by atoms with Crippen molar-refractivity contribution in [1.82, 2.24) is 0 Å². The summed E-state index contributed by atoms with van der Waals surface area (Å²) in [4.78, 5) is 0. The Kier molecular flexibility index (Phi) is 2.94. The van der Waals surface area contributed by atoms with Crippen molar-refractivity contribution in [3.63, 3.8) is 0 Å². The summed E-state index contributed by atoms with van der Waals surface area (Å²) in [5.41, 5.74) is 9.01. The second-order valence-corrected chi connectivity index (χ2v) is 5.40. The fourth-order valence-corrected chi connectivity index (χ4v) is 3.30. The second-order valence-electron chi connectivity index (χ2n) is 5.40. The van der Waals surface area contributed by atoms with Crippen molar-refractivity contribution in [3.05, 3.63) is 23.3 Å². The van der Waals surface area contributed by atoms with Gasteiger partial charge in [0.2, 0.25) is 6.79 Å². The lowest BCUT2D eigenvalue weighted by molar-refractivity contribution is 0.173.